The zero-order valence-corrected chi connectivity index (χ0v) is 16.6. The van der Waals surface area contributed by atoms with Crippen LogP contribution in [0, 0.1) is 5.92 Å². The number of nitrogens with zero attached hydrogens (tertiary/aromatic N) is 1. The largest absolute Gasteiger partial charge is 0.312 e. The molecule has 0 aromatic heterocycles. The Bertz CT molecular complexity index is 908. The molecule has 2 aromatic carbocycles. The molecule has 0 spiro atoms. The number of carbonyl (C=O) groups is 1. The van der Waals surface area contributed by atoms with Gasteiger partial charge in [-0.05, 0) is 48.6 Å². The first-order valence-corrected chi connectivity index (χ1v) is 11.0. The van der Waals surface area contributed by atoms with Crippen molar-refractivity contribution in [3.05, 3.63) is 59.7 Å². The summed E-state index contributed by atoms with van der Waals surface area (Å²) in [6.07, 6.45) is 2.05. The Kier molecular flexibility index (Phi) is 5.85. The summed E-state index contributed by atoms with van der Waals surface area (Å²) >= 11 is 0. The van der Waals surface area contributed by atoms with Crippen molar-refractivity contribution in [3.8, 4) is 0 Å². The number of hydrogen-bond donors (Lipinski definition) is 1. The summed E-state index contributed by atoms with van der Waals surface area (Å²) in [7, 11) is -3.40. The maximum atomic E-state index is 12.4. The highest BCUT2D eigenvalue weighted by Gasteiger charge is 2.26. The summed E-state index contributed by atoms with van der Waals surface area (Å²) in [4.78, 5) is 14.1. The van der Waals surface area contributed by atoms with E-state index in [4.69, 9.17) is 0 Å². The van der Waals surface area contributed by atoms with E-state index in [1.807, 2.05) is 56.3 Å². The molecular weight excluding hydrogens is 360 g/mol. The van der Waals surface area contributed by atoms with E-state index in [2.05, 4.69) is 4.72 Å². The van der Waals surface area contributed by atoms with Crippen LogP contribution in [0.5, 0.6) is 0 Å². The van der Waals surface area contributed by atoms with Gasteiger partial charge in [0.2, 0.25) is 15.9 Å². The molecule has 0 bridgehead atoms. The van der Waals surface area contributed by atoms with Gasteiger partial charge in [-0.3, -0.25) is 9.52 Å². The van der Waals surface area contributed by atoms with Crippen LogP contribution < -0.4 is 9.62 Å². The number of amides is 1. The number of nitrogens with one attached hydrogen (secondary N) is 1. The molecule has 0 radical (unpaired) electrons. The van der Waals surface area contributed by atoms with Crippen molar-refractivity contribution in [3.63, 3.8) is 0 Å². The van der Waals surface area contributed by atoms with Crippen LogP contribution in [0.1, 0.15) is 31.4 Å². The summed E-state index contributed by atoms with van der Waals surface area (Å²) in [6, 6.07) is 15.3. The van der Waals surface area contributed by atoms with Crippen LogP contribution in [0.2, 0.25) is 0 Å². The normalized spacial score (nSPS) is 13.7. The average molecular weight is 387 g/mol. The molecule has 0 saturated carbocycles. The lowest BCUT2D eigenvalue weighted by molar-refractivity contribution is -0.121. The summed E-state index contributed by atoms with van der Waals surface area (Å²) in [5, 5.41) is 0. The Morgan fingerprint density at radius 3 is 2.59 bits per heavy atom. The molecule has 27 heavy (non-hydrogen) atoms. The monoisotopic (exact) mass is 386 g/mol. The number of carbonyl (C=O) groups excluding carboxylic acids is 1. The van der Waals surface area contributed by atoms with Gasteiger partial charge >= 0.3 is 0 Å². The van der Waals surface area contributed by atoms with Gasteiger partial charge in [0, 0.05) is 23.8 Å². The van der Waals surface area contributed by atoms with Gasteiger partial charge in [0.25, 0.3) is 0 Å². The zero-order chi connectivity index (χ0) is 19.4. The van der Waals surface area contributed by atoms with Crippen molar-refractivity contribution < 1.29 is 13.2 Å². The van der Waals surface area contributed by atoms with E-state index >= 15 is 0 Å². The average Bonchev–Trinajstić information content (AvgIpc) is 3.04. The highest BCUT2D eigenvalue weighted by Crippen LogP contribution is 2.31. The van der Waals surface area contributed by atoms with Crippen molar-refractivity contribution in [2.45, 2.75) is 33.1 Å². The van der Waals surface area contributed by atoms with E-state index in [0.717, 1.165) is 29.7 Å². The summed E-state index contributed by atoms with van der Waals surface area (Å²) in [5.41, 5.74) is 3.60. The quantitative estimate of drug-likeness (QED) is 0.790. The Balaban J connectivity index is 1.61. The third-order valence-electron chi connectivity index (χ3n) is 4.73. The van der Waals surface area contributed by atoms with Gasteiger partial charge in [0.1, 0.15) is 0 Å². The topological polar surface area (TPSA) is 66.5 Å². The van der Waals surface area contributed by atoms with E-state index in [-0.39, 0.29) is 17.6 Å². The summed E-state index contributed by atoms with van der Waals surface area (Å²) in [6.45, 7) is 4.43. The molecule has 0 fully saturated rings. The van der Waals surface area contributed by atoms with Crippen LogP contribution in [-0.2, 0) is 27.7 Å². The first-order valence-electron chi connectivity index (χ1n) is 9.34. The van der Waals surface area contributed by atoms with Crippen molar-refractivity contribution in [1.82, 2.24) is 0 Å². The first kappa shape index (κ1) is 19.4. The minimum absolute atomic E-state index is 0.0567. The van der Waals surface area contributed by atoms with Crippen molar-refractivity contribution in [1.29, 1.82) is 0 Å². The van der Waals surface area contributed by atoms with Gasteiger partial charge < -0.3 is 4.90 Å². The number of hydrogen-bond acceptors (Lipinski definition) is 3. The highest BCUT2D eigenvalue weighted by atomic mass is 32.2. The number of anilines is 2. The molecule has 0 saturated heterocycles. The zero-order valence-electron chi connectivity index (χ0n) is 15.8. The molecule has 1 heterocycles. The third kappa shape index (κ3) is 4.89. The lowest BCUT2D eigenvalue weighted by Gasteiger charge is -2.19. The minimum atomic E-state index is -3.40. The molecule has 5 nitrogen and oxygen atoms in total. The second kappa shape index (κ2) is 8.13. The molecule has 0 atom stereocenters. The molecule has 2 aromatic rings. The number of rotatable bonds is 7. The number of fused-ring (bicyclic) bond motifs is 1. The number of sulfonamides is 1. The predicted octanol–water partition coefficient (Wildman–Crippen LogP) is 3.61. The summed E-state index contributed by atoms with van der Waals surface area (Å²) in [5.74, 6) is 0.124. The molecule has 0 unspecified atom stereocenters. The fraction of sp³-hybridized carbons (Fsp3) is 0.381. The predicted molar refractivity (Wildman–Crippen MR) is 110 cm³/mol. The fourth-order valence-corrected chi connectivity index (χ4v) is 4.46. The SMILES string of the molecule is CC(C)C(=O)N1CCc2cc(NS(=O)(=O)CCCc3ccccc3)ccc21. The molecule has 1 aliphatic heterocycles. The van der Waals surface area contributed by atoms with Gasteiger partial charge in [-0.15, -0.1) is 0 Å². The minimum Gasteiger partial charge on any atom is -0.312 e. The van der Waals surface area contributed by atoms with E-state index in [9.17, 15) is 13.2 Å². The Labute approximate surface area is 161 Å². The molecular formula is C21H26N2O3S. The van der Waals surface area contributed by atoms with E-state index in [1.54, 1.807) is 11.0 Å². The maximum absolute atomic E-state index is 12.4. The second-order valence-corrected chi connectivity index (χ2v) is 9.09. The third-order valence-corrected chi connectivity index (χ3v) is 6.10. The molecule has 1 amide bonds. The lowest BCUT2D eigenvalue weighted by atomic mass is 10.1. The Morgan fingerprint density at radius 1 is 1.15 bits per heavy atom. The highest BCUT2D eigenvalue weighted by molar-refractivity contribution is 7.92. The van der Waals surface area contributed by atoms with Gasteiger partial charge in [0.15, 0.2) is 0 Å². The first-order chi connectivity index (χ1) is 12.9. The van der Waals surface area contributed by atoms with Crippen LogP contribution in [-0.4, -0.2) is 26.6 Å². The standard InChI is InChI=1S/C21H26N2O3S/c1-16(2)21(24)23-13-12-18-15-19(10-11-20(18)23)22-27(25,26)14-6-9-17-7-4-3-5-8-17/h3-5,7-8,10-11,15-16,22H,6,9,12-14H2,1-2H3. The van der Waals surface area contributed by atoms with Crippen LogP contribution in [0.15, 0.2) is 48.5 Å². The van der Waals surface area contributed by atoms with E-state index in [0.29, 0.717) is 18.7 Å². The fourth-order valence-electron chi connectivity index (χ4n) is 3.35. The number of aryl methyl sites for hydroxylation is 1. The van der Waals surface area contributed by atoms with Crippen molar-refractivity contribution in [2.75, 3.05) is 21.9 Å². The van der Waals surface area contributed by atoms with Gasteiger partial charge in [-0.2, -0.15) is 0 Å². The smallest absolute Gasteiger partial charge is 0.232 e. The van der Waals surface area contributed by atoms with Crippen LogP contribution in [0.3, 0.4) is 0 Å². The number of benzene rings is 2. The van der Waals surface area contributed by atoms with Crippen molar-refractivity contribution >= 4 is 27.3 Å². The van der Waals surface area contributed by atoms with Crippen molar-refractivity contribution in [2.24, 2.45) is 5.92 Å². The Hall–Kier alpha value is -2.34. The van der Waals surface area contributed by atoms with Crippen LogP contribution in [0.25, 0.3) is 0 Å². The second-order valence-electron chi connectivity index (χ2n) is 7.25. The molecule has 6 heteroatoms. The van der Waals surface area contributed by atoms with Gasteiger partial charge in [0.05, 0.1) is 5.75 Å². The summed E-state index contributed by atoms with van der Waals surface area (Å²) < 4.78 is 27.4. The molecule has 144 valence electrons. The molecule has 1 N–H and O–H groups in total. The van der Waals surface area contributed by atoms with Gasteiger partial charge in [-0.1, -0.05) is 44.2 Å². The van der Waals surface area contributed by atoms with Crippen LogP contribution in [0.4, 0.5) is 11.4 Å². The van der Waals surface area contributed by atoms with E-state index in [1.165, 1.54) is 0 Å². The maximum Gasteiger partial charge on any atom is 0.232 e. The molecule has 1 aliphatic rings. The lowest BCUT2D eigenvalue weighted by Crippen LogP contribution is -2.32. The van der Waals surface area contributed by atoms with E-state index < -0.39 is 10.0 Å². The molecule has 0 aliphatic carbocycles. The van der Waals surface area contributed by atoms with Gasteiger partial charge in [-0.25, -0.2) is 8.42 Å². The van der Waals surface area contributed by atoms with Crippen LogP contribution >= 0.6 is 0 Å². The Morgan fingerprint density at radius 2 is 1.89 bits per heavy atom. The molecule has 3 rings (SSSR count).